The van der Waals surface area contributed by atoms with Gasteiger partial charge in [0.2, 0.25) is 0 Å². The van der Waals surface area contributed by atoms with Gasteiger partial charge in [0.05, 0.1) is 17.1 Å². The first-order chi connectivity index (χ1) is 8.63. The van der Waals surface area contributed by atoms with E-state index < -0.39 is 0 Å². The number of carbonyl (C=O) groups excluding carboxylic acids is 1. The van der Waals surface area contributed by atoms with Crippen molar-refractivity contribution in [2.45, 2.75) is 37.7 Å². The van der Waals surface area contributed by atoms with Gasteiger partial charge in [0.25, 0.3) is 0 Å². The van der Waals surface area contributed by atoms with Gasteiger partial charge in [0, 0.05) is 12.0 Å². The van der Waals surface area contributed by atoms with Crippen LogP contribution < -0.4 is 4.74 Å². The maximum atomic E-state index is 11.6. The van der Waals surface area contributed by atoms with E-state index in [9.17, 15) is 4.79 Å². The Hall–Kier alpha value is -1.03. The monoisotopic (exact) mass is 310 g/mol. The topological polar surface area (TPSA) is 35.5 Å². The third-order valence-corrected chi connectivity index (χ3v) is 4.48. The number of rotatable bonds is 1. The lowest BCUT2D eigenvalue weighted by Gasteiger charge is -2.22. The van der Waals surface area contributed by atoms with Crippen molar-refractivity contribution in [2.75, 3.05) is 7.11 Å². The van der Waals surface area contributed by atoms with Crippen LogP contribution in [0.1, 0.15) is 41.6 Å². The maximum Gasteiger partial charge on any atom is 0.337 e. The van der Waals surface area contributed by atoms with Crippen LogP contribution in [0.25, 0.3) is 0 Å². The first kappa shape index (κ1) is 12.0. The van der Waals surface area contributed by atoms with Crippen LogP contribution in [0.15, 0.2) is 16.6 Å². The zero-order valence-electron chi connectivity index (χ0n) is 10.3. The predicted molar refractivity (Wildman–Crippen MR) is 71.0 cm³/mol. The second-order valence-electron chi connectivity index (χ2n) is 5.11. The molecule has 0 radical (unpaired) electrons. The fourth-order valence-corrected chi connectivity index (χ4v) is 3.61. The Kier molecular flexibility index (Phi) is 2.85. The fraction of sp³-hybridized carbons (Fsp3) is 0.500. The summed E-state index contributed by atoms with van der Waals surface area (Å²) in [4.78, 5) is 11.6. The highest BCUT2D eigenvalue weighted by atomic mass is 79.9. The van der Waals surface area contributed by atoms with Crippen LogP contribution in [0.4, 0.5) is 0 Å². The maximum absolute atomic E-state index is 11.6. The summed E-state index contributed by atoms with van der Waals surface area (Å²) in [5, 5.41) is 0. The Morgan fingerprint density at radius 1 is 1.39 bits per heavy atom. The van der Waals surface area contributed by atoms with E-state index in [2.05, 4.69) is 15.9 Å². The van der Waals surface area contributed by atoms with E-state index >= 15 is 0 Å². The molecule has 96 valence electrons. The molecule has 1 aromatic carbocycles. The first-order valence-corrected chi connectivity index (χ1v) is 7.03. The predicted octanol–water partition coefficient (Wildman–Crippen LogP) is 3.48. The number of hydrogen-bond donors (Lipinski definition) is 0. The van der Waals surface area contributed by atoms with Gasteiger partial charge < -0.3 is 9.47 Å². The van der Waals surface area contributed by atoms with Crippen LogP contribution in [0.3, 0.4) is 0 Å². The molecule has 2 aliphatic rings. The Labute approximate surface area is 115 Å². The molecule has 0 aromatic heterocycles. The smallest absolute Gasteiger partial charge is 0.337 e. The number of halogens is 1. The van der Waals surface area contributed by atoms with Gasteiger partial charge in [-0.25, -0.2) is 4.79 Å². The summed E-state index contributed by atoms with van der Waals surface area (Å²) >= 11 is 3.49. The van der Waals surface area contributed by atoms with Gasteiger partial charge in [0.15, 0.2) is 0 Å². The van der Waals surface area contributed by atoms with Crippen molar-refractivity contribution in [1.82, 2.24) is 0 Å². The minimum atomic E-state index is -0.300. The molecule has 1 aliphatic carbocycles. The lowest BCUT2D eigenvalue weighted by Crippen LogP contribution is -2.29. The van der Waals surface area contributed by atoms with Crippen LogP contribution in [-0.2, 0) is 11.2 Å². The number of carbonyl (C=O) groups is 1. The Morgan fingerprint density at radius 3 is 2.78 bits per heavy atom. The van der Waals surface area contributed by atoms with Gasteiger partial charge in [-0.05, 0) is 53.7 Å². The summed E-state index contributed by atoms with van der Waals surface area (Å²) < 4.78 is 11.8. The van der Waals surface area contributed by atoms with E-state index in [-0.39, 0.29) is 11.6 Å². The number of esters is 1. The molecule has 1 spiro atoms. The Balaban J connectivity index is 1.98. The average Bonchev–Trinajstić information content (AvgIpc) is 2.96. The molecular weight excluding hydrogens is 296 g/mol. The van der Waals surface area contributed by atoms with Crippen LogP contribution in [0.2, 0.25) is 0 Å². The molecule has 3 rings (SSSR count). The highest BCUT2D eigenvalue weighted by molar-refractivity contribution is 9.10. The van der Waals surface area contributed by atoms with E-state index in [0.29, 0.717) is 5.56 Å². The van der Waals surface area contributed by atoms with Gasteiger partial charge in [0.1, 0.15) is 11.4 Å². The highest BCUT2D eigenvalue weighted by Crippen LogP contribution is 2.47. The molecule has 1 aliphatic heterocycles. The molecule has 1 aromatic rings. The van der Waals surface area contributed by atoms with Crippen LogP contribution in [0.5, 0.6) is 5.75 Å². The van der Waals surface area contributed by atoms with Crippen molar-refractivity contribution in [3.05, 3.63) is 27.7 Å². The molecule has 0 amide bonds. The third kappa shape index (κ3) is 1.83. The van der Waals surface area contributed by atoms with Gasteiger partial charge >= 0.3 is 5.97 Å². The van der Waals surface area contributed by atoms with Crippen molar-refractivity contribution < 1.29 is 14.3 Å². The number of hydrogen-bond acceptors (Lipinski definition) is 3. The van der Waals surface area contributed by atoms with Gasteiger partial charge in [-0.2, -0.15) is 0 Å². The lowest BCUT2D eigenvalue weighted by molar-refractivity contribution is 0.0600. The number of ether oxygens (including phenoxy) is 2. The normalized spacial score (nSPS) is 19.7. The van der Waals surface area contributed by atoms with Gasteiger partial charge in [-0.1, -0.05) is 0 Å². The molecule has 0 saturated heterocycles. The fourth-order valence-electron chi connectivity index (χ4n) is 3.03. The minimum Gasteiger partial charge on any atom is -0.485 e. The third-order valence-electron chi connectivity index (χ3n) is 3.89. The zero-order valence-corrected chi connectivity index (χ0v) is 11.9. The summed E-state index contributed by atoms with van der Waals surface area (Å²) in [5.41, 5.74) is 1.69. The second kappa shape index (κ2) is 4.26. The summed E-state index contributed by atoms with van der Waals surface area (Å²) in [5.74, 6) is 0.607. The Bertz CT molecular complexity index is 504. The molecule has 1 saturated carbocycles. The van der Waals surface area contributed by atoms with Crippen molar-refractivity contribution in [1.29, 1.82) is 0 Å². The largest absolute Gasteiger partial charge is 0.485 e. The van der Waals surface area contributed by atoms with E-state index in [0.717, 1.165) is 35.0 Å². The van der Waals surface area contributed by atoms with E-state index in [4.69, 9.17) is 9.47 Å². The van der Waals surface area contributed by atoms with Crippen molar-refractivity contribution >= 4 is 21.9 Å². The molecule has 18 heavy (non-hydrogen) atoms. The SMILES string of the molecule is COC(=O)c1cc(Br)c2c(c1)CC1(CCCC1)O2. The minimum absolute atomic E-state index is 0.0143. The average molecular weight is 311 g/mol. The second-order valence-corrected chi connectivity index (χ2v) is 5.96. The number of fused-ring (bicyclic) bond motifs is 1. The molecular formula is C14H15BrO3. The van der Waals surface area contributed by atoms with E-state index in [1.807, 2.05) is 6.07 Å². The molecule has 1 heterocycles. The lowest BCUT2D eigenvalue weighted by atomic mass is 9.95. The summed E-state index contributed by atoms with van der Waals surface area (Å²) in [6.45, 7) is 0. The first-order valence-electron chi connectivity index (χ1n) is 6.23. The molecule has 0 atom stereocenters. The van der Waals surface area contributed by atoms with Crippen molar-refractivity contribution in [2.24, 2.45) is 0 Å². The summed E-state index contributed by atoms with van der Waals surface area (Å²) in [6.07, 6.45) is 5.60. The number of methoxy groups -OCH3 is 1. The van der Waals surface area contributed by atoms with E-state index in [1.54, 1.807) is 6.07 Å². The van der Waals surface area contributed by atoms with Gasteiger partial charge in [-0.3, -0.25) is 0 Å². The molecule has 1 fully saturated rings. The van der Waals surface area contributed by atoms with Crippen LogP contribution >= 0.6 is 15.9 Å². The van der Waals surface area contributed by atoms with Crippen molar-refractivity contribution in [3.63, 3.8) is 0 Å². The number of benzene rings is 1. The molecule has 3 nitrogen and oxygen atoms in total. The van der Waals surface area contributed by atoms with E-state index in [1.165, 1.54) is 20.0 Å². The van der Waals surface area contributed by atoms with Gasteiger partial charge in [-0.15, -0.1) is 0 Å². The standard InChI is InChI=1S/C14H15BrO3/c1-17-13(16)9-6-10-8-14(4-2-3-5-14)18-12(10)11(15)7-9/h6-7H,2-5,8H2,1H3. The van der Waals surface area contributed by atoms with Crippen LogP contribution in [-0.4, -0.2) is 18.7 Å². The highest BCUT2D eigenvalue weighted by Gasteiger charge is 2.42. The molecule has 0 N–H and O–H groups in total. The quantitative estimate of drug-likeness (QED) is 0.745. The molecule has 0 bridgehead atoms. The zero-order chi connectivity index (χ0) is 12.8. The van der Waals surface area contributed by atoms with Crippen molar-refractivity contribution in [3.8, 4) is 5.75 Å². The molecule has 0 unspecified atom stereocenters. The van der Waals surface area contributed by atoms with Crippen LogP contribution in [0, 0.1) is 0 Å². The summed E-state index contributed by atoms with van der Waals surface area (Å²) in [7, 11) is 1.40. The Morgan fingerprint density at radius 2 is 2.11 bits per heavy atom. The molecule has 4 heteroatoms. The summed E-state index contributed by atoms with van der Waals surface area (Å²) in [6, 6.07) is 3.68.